The zero-order valence-corrected chi connectivity index (χ0v) is 28.3. The number of nitrogens with zero attached hydrogens (tertiary/aromatic N) is 3. The van der Waals surface area contributed by atoms with Crippen molar-refractivity contribution in [1.29, 1.82) is 0 Å². The molecular weight excluding hydrogens is 632 g/mol. The predicted molar refractivity (Wildman–Crippen MR) is 185 cm³/mol. The molecular formula is C37H39ClN4O4S. The van der Waals surface area contributed by atoms with Crippen LogP contribution in [0, 0.1) is 0 Å². The van der Waals surface area contributed by atoms with Gasteiger partial charge in [0.1, 0.15) is 11.1 Å². The first-order valence-electron chi connectivity index (χ1n) is 15.4. The van der Waals surface area contributed by atoms with Crippen LogP contribution in [0.5, 0.6) is 0 Å². The van der Waals surface area contributed by atoms with Gasteiger partial charge in [-0.15, -0.1) is 0 Å². The molecule has 5 aromatic rings. The van der Waals surface area contributed by atoms with Gasteiger partial charge in [-0.2, -0.15) is 17.4 Å². The maximum absolute atomic E-state index is 13.4. The molecule has 1 amide bonds. The average molecular weight is 671 g/mol. The highest BCUT2D eigenvalue weighted by atomic mass is 35.5. The van der Waals surface area contributed by atoms with Crippen LogP contribution in [-0.4, -0.2) is 40.5 Å². The van der Waals surface area contributed by atoms with E-state index in [0.717, 1.165) is 22.4 Å². The Morgan fingerprint density at radius 1 is 0.830 bits per heavy atom. The summed E-state index contributed by atoms with van der Waals surface area (Å²) >= 11 is 6.00. The molecule has 0 atom stereocenters. The van der Waals surface area contributed by atoms with Crippen molar-refractivity contribution in [2.24, 2.45) is 0 Å². The third-order valence-corrected chi connectivity index (χ3v) is 9.30. The number of hydrogen-bond acceptors (Lipinski definition) is 5. The molecule has 0 fully saturated rings. The predicted octanol–water partition coefficient (Wildman–Crippen LogP) is 7.58. The fourth-order valence-corrected chi connectivity index (χ4v) is 6.76. The topological polar surface area (TPSA) is 93.5 Å². The van der Waals surface area contributed by atoms with E-state index in [2.05, 4.69) is 45.7 Å². The Hall–Kier alpha value is -4.44. The van der Waals surface area contributed by atoms with Crippen LogP contribution in [0.4, 0.5) is 4.79 Å². The molecule has 0 saturated heterocycles. The number of nitrogens with one attached hydrogen (secondary N) is 1. The lowest BCUT2D eigenvalue weighted by atomic mass is 9.77. The van der Waals surface area contributed by atoms with Crippen LogP contribution < -0.4 is 4.72 Å². The number of imidazole rings is 1. The Labute approximate surface area is 282 Å². The summed E-state index contributed by atoms with van der Waals surface area (Å²) in [6, 6.07) is 37.6. The molecule has 4 aromatic carbocycles. The molecule has 47 heavy (non-hydrogen) atoms. The van der Waals surface area contributed by atoms with Gasteiger partial charge in [0.15, 0.2) is 0 Å². The van der Waals surface area contributed by atoms with E-state index < -0.39 is 27.4 Å². The van der Waals surface area contributed by atoms with Crippen LogP contribution in [0.3, 0.4) is 0 Å². The molecule has 0 aliphatic carbocycles. The largest absolute Gasteiger partial charge is 0.443 e. The molecule has 1 heterocycles. The minimum absolute atomic E-state index is 0.0936. The summed E-state index contributed by atoms with van der Waals surface area (Å²) in [5, 5.41) is 0.509. The average Bonchev–Trinajstić information content (AvgIpc) is 3.53. The van der Waals surface area contributed by atoms with Crippen molar-refractivity contribution in [2.45, 2.75) is 51.3 Å². The monoisotopic (exact) mass is 670 g/mol. The third kappa shape index (κ3) is 8.11. The second-order valence-corrected chi connectivity index (χ2v) is 14.3. The molecule has 0 radical (unpaired) electrons. The Morgan fingerprint density at radius 3 is 1.83 bits per heavy atom. The number of aryl methyl sites for hydroxylation is 1. The van der Waals surface area contributed by atoms with Gasteiger partial charge in [-0.3, -0.25) is 0 Å². The second kappa shape index (κ2) is 14.5. The Bertz CT molecular complexity index is 1760. The summed E-state index contributed by atoms with van der Waals surface area (Å²) in [5.41, 5.74) is 3.08. The fourth-order valence-electron chi connectivity index (χ4n) is 5.53. The number of rotatable bonds is 12. The van der Waals surface area contributed by atoms with Crippen molar-refractivity contribution < 1.29 is 17.9 Å². The van der Waals surface area contributed by atoms with E-state index in [9.17, 15) is 13.2 Å². The van der Waals surface area contributed by atoms with Crippen molar-refractivity contribution >= 4 is 27.9 Å². The number of benzene rings is 4. The Balaban J connectivity index is 1.36. The molecule has 10 heteroatoms. The first-order chi connectivity index (χ1) is 22.5. The lowest BCUT2D eigenvalue weighted by Gasteiger charge is -2.37. The number of carbonyl (C=O) groups excluding carboxylic acids is 1. The molecule has 0 saturated carbocycles. The number of hydrogen-bond donors (Lipinski definition) is 1. The second-order valence-electron chi connectivity index (χ2n) is 12.2. The lowest BCUT2D eigenvalue weighted by Crippen LogP contribution is -2.46. The van der Waals surface area contributed by atoms with Crippen molar-refractivity contribution in [1.82, 2.24) is 18.6 Å². The molecule has 8 nitrogen and oxygen atoms in total. The third-order valence-electron chi connectivity index (χ3n) is 7.62. The molecule has 0 spiro atoms. The normalized spacial score (nSPS) is 12.1. The Morgan fingerprint density at radius 2 is 1.34 bits per heavy atom. The SMILES string of the molecule is CC(C)(C)OC(=O)N(Cc1ccc(Cl)cc1)S(=O)(=O)NCCCc1cn(C(c2ccccc2)(c2ccccc2)c2ccccc2)cn1. The summed E-state index contributed by atoms with van der Waals surface area (Å²) in [5.74, 6) is 0. The maximum atomic E-state index is 13.4. The van der Waals surface area contributed by atoms with Crippen molar-refractivity contribution in [3.63, 3.8) is 0 Å². The van der Waals surface area contributed by atoms with Crippen LogP contribution in [-0.2, 0) is 33.5 Å². The highest BCUT2D eigenvalue weighted by Crippen LogP contribution is 2.40. The van der Waals surface area contributed by atoms with Crippen LogP contribution in [0.25, 0.3) is 0 Å². The number of aromatic nitrogens is 2. The molecule has 0 aliphatic rings. The minimum Gasteiger partial charge on any atom is -0.443 e. The standard InChI is InChI=1S/C37H39ClN4O4S/c1-36(2,3)46-35(43)42(26-29-21-23-33(38)24-22-29)47(44,45)40-25-13-20-34-27-41(28-39-34)37(30-14-7-4-8-15-30,31-16-9-5-10-17-31)32-18-11-6-12-19-32/h4-12,14-19,21-24,27-28,40H,13,20,25-26H2,1-3H3. The van der Waals surface area contributed by atoms with Crippen LogP contribution in [0.15, 0.2) is 128 Å². The minimum atomic E-state index is -4.23. The lowest BCUT2D eigenvalue weighted by molar-refractivity contribution is 0.0379. The summed E-state index contributed by atoms with van der Waals surface area (Å²) < 4.78 is 37.7. The van der Waals surface area contributed by atoms with Crippen LogP contribution in [0.1, 0.15) is 55.1 Å². The molecule has 1 aromatic heterocycles. The Kier molecular flexibility index (Phi) is 10.5. The van der Waals surface area contributed by atoms with Crippen molar-refractivity contribution in [3.05, 3.63) is 161 Å². The van der Waals surface area contributed by atoms with E-state index in [1.165, 1.54) is 0 Å². The van der Waals surface area contributed by atoms with E-state index in [1.54, 1.807) is 45.0 Å². The molecule has 1 N–H and O–H groups in total. The van der Waals surface area contributed by atoms with Gasteiger partial charge >= 0.3 is 16.3 Å². The van der Waals surface area contributed by atoms with E-state index in [0.29, 0.717) is 27.7 Å². The van der Waals surface area contributed by atoms with Gasteiger partial charge in [-0.25, -0.2) is 9.78 Å². The molecule has 244 valence electrons. The highest BCUT2D eigenvalue weighted by Gasteiger charge is 2.38. The molecule has 0 unspecified atom stereocenters. The van der Waals surface area contributed by atoms with Gasteiger partial charge in [0.05, 0.1) is 18.6 Å². The number of ether oxygens (including phenoxy) is 1. The maximum Gasteiger partial charge on any atom is 0.425 e. The smallest absolute Gasteiger partial charge is 0.425 e. The first-order valence-corrected chi connectivity index (χ1v) is 17.3. The van der Waals surface area contributed by atoms with Gasteiger partial charge in [0.25, 0.3) is 0 Å². The summed E-state index contributed by atoms with van der Waals surface area (Å²) in [7, 11) is -4.23. The van der Waals surface area contributed by atoms with Crippen molar-refractivity contribution in [3.8, 4) is 0 Å². The van der Waals surface area contributed by atoms with E-state index in [1.807, 2.05) is 67.1 Å². The van der Waals surface area contributed by atoms with Gasteiger partial charge in [0.2, 0.25) is 0 Å². The number of halogens is 1. The van der Waals surface area contributed by atoms with E-state index in [4.69, 9.17) is 21.3 Å². The summed E-state index contributed by atoms with van der Waals surface area (Å²) in [6.07, 6.45) is 3.86. The summed E-state index contributed by atoms with van der Waals surface area (Å²) in [4.78, 5) is 17.8. The zero-order chi connectivity index (χ0) is 33.5. The van der Waals surface area contributed by atoms with Gasteiger partial charge in [-0.1, -0.05) is 115 Å². The van der Waals surface area contributed by atoms with E-state index >= 15 is 0 Å². The zero-order valence-electron chi connectivity index (χ0n) is 26.7. The molecule has 0 bridgehead atoms. The first kappa shape index (κ1) is 33.9. The molecule has 0 aliphatic heterocycles. The number of amides is 1. The highest BCUT2D eigenvalue weighted by molar-refractivity contribution is 7.87. The van der Waals surface area contributed by atoms with E-state index in [-0.39, 0.29) is 13.1 Å². The van der Waals surface area contributed by atoms with Crippen molar-refractivity contribution in [2.75, 3.05) is 6.54 Å². The van der Waals surface area contributed by atoms with Gasteiger partial charge in [-0.05, 0) is 68.0 Å². The molecule has 5 rings (SSSR count). The number of carbonyl (C=O) groups is 1. The van der Waals surface area contributed by atoms with Crippen LogP contribution >= 0.6 is 11.6 Å². The fraction of sp³-hybridized carbons (Fsp3) is 0.243. The quantitative estimate of drug-likeness (QED) is 0.109. The van der Waals surface area contributed by atoms with Gasteiger partial charge < -0.3 is 9.30 Å². The van der Waals surface area contributed by atoms with Gasteiger partial charge in [0, 0.05) is 17.8 Å². The van der Waals surface area contributed by atoms with Crippen LogP contribution in [0.2, 0.25) is 5.02 Å². The summed E-state index contributed by atoms with van der Waals surface area (Å²) in [6.45, 7) is 4.95.